The van der Waals surface area contributed by atoms with Crippen LogP contribution in [-0.4, -0.2) is 18.4 Å². The van der Waals surface area contributed by atoms with Crippen LogP contribution in [0.3, 0.4) is 0 Å². The van der Waals surface area contributed by atoms with Gasteiger partial charge in [-0.15, -0.1) is 0 Å². The minimum Gasteiger partial charge on any atom is -0.340 e. The Labute approximate surface area is 103 Å². The summed E-state index contributed by atoms with van der Waals surface area (Å²) in [6.07, 6.45) is 0.848. The normalized spacial score (nSPS) is 20.9. The molecule has 18 heavy (non-hydrogen) atoms. The van der Waals surface area contributed by atoms with Crippen LogP contribution in [0.2, 0.25) is 0 Å². The van der Waals surface area contributed by atoms with E-state index in [0.29, 0.717) is 12.5 Å². The van der Waals surface area contributed by atoms with Crippen LogP contribution in [0.1, 0.15) is 24.9 Å². The second-order valence-corrected chi connectivity index (χ2v) is 4.00. The van der Waals surface area contributed by atoms with Crippen molar-refractivity contribution in [1.82, 2.24) is 10.6 Å². The Morgan fingerprint density at radius 3 is 2.56 bits per heavy atom. The Bertz CT molecular complexity index is 482. The molecule has 1 aromatic rings. The fourth-order valence-corrected chi connectivity index (χ4v) is 1.71. The molecule has 0 saturated carbocycles. The van der Waals surface area contributed by atoms with Gasteiger partial charge in [-0.05, 0) is 24.1 Å². The highest BCUT2D eigenvalue weighted by Crippen LogP contribution is 2.19. The maximum atomic E-state index is 13.1. The zero-order valence-electron chi connectivity index (χ0n) is 9.84. The van der Waals surface area contributed by atoms with Gasteiger partial charge in [0.1, 0.15) is 17.7 Å². The van der Waals surface area contributed by atoms with Gasteiger partial charge < -0.3 is 5.32 Å². The Morgan fingerprint density at radius 2 is 1.94 bits per heavy atom. The number of benzene rings is 1. The summed E-state index contributed by atoms with van der Waals surface area (Å²) in [5.41, 5.74) is 0.242. The molecule has 0 spiro atoms. The van der Waals surface area contributed by atoms with E-state index in [1.54, 1.807) is 0 Å². The molecule has 1 amide bonds. The van der Waals surface area contributed by atoms with E-state index in [1.807, 2.05) is 6.92 Å². The predicted octanol–water partition coefficient (Wildman–Crippen LogP) is 1.49. The van der Waals surface area contributed by atoms with Crippen molar-refractivity contribution in [3.63, 3.8) is 0 Å². The number of nitrogens with zero attached hydrogens (tertiary/aromatic N) is 1. The second-order valence-electron chi connectivity index (χ2n) is 4.00. The molecule has 1 saturated heterocycles. The van der Waals surface area contributed by atoms with E-state index >= 15 is 0 Å². The SMILES string of the molecule is CCCN=C1NC(=O)C(c2cc(F)cc(F)c2)N1. The molecule has 2 N–H and O–H groups in total. The summed E-state index contributed by atoms with van der Waals surface area (Å²) in [5.74, 6) is -1.44. The Balaban J connectivity index is 2.21. The molecule has 6 heteroatoms. The largest absolute Gasteiger partial charge is 0.340 e. The Morgan fingerprint density at radius 1 is 1.28 bits per heavy atom. The van der Waals surface area contributed by atoms with Gasteiger partial charge in [0, 0.05) is 12.6 Å². The summed E-state index contributed by atoms with van der Waals surface area (Å²) in [6, 6.07) is 2.22. The first kappa shape index (κ1) is 12.5. The van der Waals surface area contributed by atoms with Crippen molar-refractivity contribution in [1.29, 1.82) is 0 Å². The van der Waals surface area contributed by atoms with Gasteiger partial charge in [-0.25, -0.2) is 8.78 Å². The average molecular weight is 253 g/mol. The van der Waals surface area contributed by atoms with Crippen molar-refractivity contribution < 1.29 is 13.6 Å². The molecule has 0 radical (unpaired) electrons. The van der Waals surface area contributed by atoms with Crippen molar-refractivity contribution in [2.24, 2.45) is 4.99 Å². The van der Waals surface area contributed by atoms with Crippen LogP contribution >= 0.6 is 0 Å². The number of hydrogen-bond acceptors (Lipinski definition) is 2. The molecule has 96 valence electrons. The van der Waals surface area contributed by atoms with Gasteiger partial charge in [-0.2, -0.15) is 0 Å². The monoisotopic (exact) mass is 253 g/mol. The van der Waals surface area contributed by atoms with Gasteiger partial charge in [-0.1, -0.05) is 6.92 Å². The summed E-state index contributed by atoms with van der Waals surface area (Å²) in [5, 5.41) is 5.33. The number of rotatable bonds is 3. The summed E-state index contributed by atoms with van der Waals surface area (Å²) >= 11 is 0. The number of guanidine groups is 1. The highest BCUT2D eigenvalue weighted by molar-refractivity contribution is 6.06. The zero-order valence-corrected chi connectivity index (χ0v) is 9.84. The Hall–Kier alpha value is -1.98. The van der Waals surface area contributed by atoms with Crippen LogP contribution in [0.5, 0.6) is 0 Å². The molecule has 0 aromatic heterocycles. The first-order valence-corrected chi connectivity index (χ1v) is 5.68. The van der Waals surface area contributed by atoms with Gasteiger partial charge in [-0.3, -0.25) is 15.1 Å². The number of carbonyl (C=O) groups is 1. The van der Waals surface area contributed by atoms with Crippen LogP contribution in [0, 0.1) is 11.6 Å². The maximum absolute atomic E-state index is 13.1. The predicted molar refractivity (Wildman–Crippen MR) is 63.0 cm³/mol. The molecular weight excluding hydrogens is 240 g/mol. The van der Waals surface area contributed by atoms with Crippen molar-refractivity contribution >= 4 is 11.9 Å². The van der Waals surface area contributed by atoms with E-state index in [-0.39, 0.29) is 11.5 Å². The van der Waals surface area contributed by atoms with E-state index < -0.39 is 17.7 Å². The molecular formula is C12H13F2N3O. The number of nitrogens with one attached hydrogen (secondary N) is 2. The quantitative estimate of drug-likeness (QED) is 0.857. The van der Waals surface area contributed by atoms with Crippen LogP contribution in [-0.2, 0) is 4.79 Å². The fourth-order valence-electron chi connectivity index (χ4n) is 1.71. The second kappa shape index (κ2) is 5.12. The standard InChI is InChI=1S/C12H13F2N3O/c1-2-3-15-12-16-10(11(18)17-12)7-4-8(13)6-9(14)5-7/h4-6,10H,2-3H2,1H3,(H2,15,16,17,18). The summed E-state index contributed by atoms with van der Waals surface area (Å²) in [6.45, 7) is 2.53. The minimum absolute atomic E-state index is 0.242. The number of aliphatic imine (C=N–C) groups is 1. The van der Waals surface area contributed by atoms with Crippen LogP contribution in [0.4, 0.5) is 8.78 Å². The average Bonchev–Trinajstić information content (AvgIpc) is 2.66. The topological polar surface area (TPSA) is 53.5 Å². The van der Waals surface area contributed by atoms with E-state index in [2.05, 4.69) is 15.6 Å². The number of carbonyl (C=O) groups excluding carboxylic acids is 1. The summed E-state index contributed by atoms with van der Waals surface area (Å²) in [7, 11) is 0. The smallest absolute Gasteiger partial charge is 0.253 e. The van der Waals surface area contributed by atoms with Crippen molar-refractivity contribution in [2.45, 2.75) is 19.4 Å². The van der Waals surface area contributed by atoms with E-state index in [4.69, 9.17) is 0 Å². The van der Waals surface area contributed by atoms with E-state index in [0.717, 1.165) is 24.6 Å². The third-order valence-electron chi connectivity index (χ3n) is 2.50. The third kappa shape index (κ3) is 2.64. The molecule has 1 aliphatic heterocycles. The molecule has 1 atom stereocenters. The first-order valence-electron chi connectivity index (χ1n) is 5.68. The number of halogens is 2. The number of amides is 1. The molecule has 0 bridgehead atoms. The van der Waals surface area contributed by atoms with Crippen molar-refractivity contribution in [2.75, 3.05) is 6.54 Å². The Kier molecular flexibility index (Phi) is 3.55. The van der Waals surface area contributed by atoms with Gasteiger partial charge in [0.2, 0.25) is 0 Å². The van der Waals surface area contributed by atoms with Gasteiger partial charge in [0.05, 0.1) is 0 Å². The van der Waals surface area contributed by atoms with E-state index in [1.165, 1.54) is 0 Å². The molecule has 1 heterocycles. The van der Waals surface area contributed by atoms with Gasteiger partial charge in [0.15, 0.2) is 5.96 Å². The van der Waals surface area contributed by atoms with Crippen molar-refractivity contribution in [3.8, 4) is 0 Å². The van der Waals surface area contributed by atoms with Crippen LogP contribution in [0.25, 0.3) is 0 Å². The zero-order chi connectivity index (χ0) is 13.1. The molecule has 1 unspecified atom stereocenters. The van der Waals surface area contributed by atoms with Gasteiger partial charge in [0.25, 0.3) is 5.91 Å². The molecule has 1 aliphatic rings. The summed E-state index contributed by atoms with van der Waals surface area (Å²) < 4.78 is 26.2. The van der Waals surface area contributed by atoms with Gasteiger partial charge >= 0.3 is 0 Å². The molecule has 2 rings (SSSR count). The molecule has 4 nitrogen and oxygen atoms in total. The van der Waals surface area contributed by atoms with Crippen molar-refractivity contribution in [3.05, 3.63) is 35.4 Å². The molecule has 0 aliphatic carbocycles. The lowest BCUT2D eigenvalue weighted by Gasteiger charge is -2.08. The highest BCUT2D eigenvalue weighted by atomic mass is 19.1. The lowest BCUT2D eigenvalue weighted by Crippen LogP contribution is -2.25. The first-order chi connectivity index (χ1) is 8.60. The third-order valence-corrected chi connectivity index (χ3v) is 2.50. The lowest BCUT2D eigenvalue weighted by atomic mass is 10.1. The molecule has 1 aromatic carbocycles. The lowest BCUT2D eigenvalue weighted by molar-refractivity contribution is -0.120. The fraction of sp³-hybridized carbons (Fsp3) is 0.333. The molecule has 1 fully saturated rings. The van der Waals surface area contributed by atoms with Crippen LogP contribution < -0.4 is 10.6 Å². The highest BCUT2D eigenvalue weighted by Gasteiger charge is 2.30. The number of hydrogen-bond donors (Lipinski definition) is 2. The maximum Gasteiger partial charge on any atom is 0.253 e. The minimum atomic E-state index is -0.800. The van der Waals surface area contributed by atoms with Crippen LogP contribution in [0.15, 0.2) is 23.2 Å². The van der Waals surface area contributed by atoms with E-state index in [9.17, 15) is 13.6 Å². The summed E-state index contributed by atoms with van der Waals surface area (Å²) in [4.78, 5) is 15.8.